The van der Waals surface area contributed by atoms with Gasteiger partial charge in [-0.1, -0.05) is 26.0 Å². The van der Waals surface area contributed by atoms with Gasteiger partial charge in [0, 0.05) is 19.1 Å². The van der Waals surface area contributed by atoms with Gasteiger partial charge in [0.1, 0.15) is 0 Å². The normalized spacial score (nSPS) is 16.3. The van der Waals surface area contributed by atoms with Crippen molar-refractivity contribution in [1.29, 1.82) is 0 Å². The van der Waals surface area contributed by atoms with E-state index in [1.807, 2.05) is 13.8 Å². The Labute approximate surface area is 180 Å². The second-order valence-corrected chi connectivity index (χ2v) is 9.27. The van der Waals surface area contributed by atoms with E-state index in [9.17, 15) is 31.2 Å². The monoisotopic (exact) mass is 464 g/mol. The van der Waals surface area contributed by atoms with Gasteiger partial charge in [-0.25, -0.2) is 8.42 Å². The van der Waals surface area contributed by atoms with E-state index >= 15 is 0 Å². The first-order valence-corrected chi connectivity index (χ1v) is 11.6. The molecule has 174 valence electrons. The number of benzene rings is 1. The van der Waals surface area contributed by atoms with Crippen LogP contribution in [0.1, 0.15) is 45.1 Å². The summed E-state index contributed by atoms with van der Waals surface area (Å²) in [6.07, 6.45) is -3.11. The Morgan fingerprint density at radius 1 is 1.16 bits per heavy atom. The molecule has 1 amide bonds. The largest absolute Gasteiger partial charge is 0.455 e. The second-order valence-electron chi connectivity index (χ2n) is 7.36. The maximum Gasteiger partial charge on any atom is 0.417 e. The second kappa shape index (κ2) is 10.4. The van der Waals surface area contributed by atoms with Crippen LogP contribution in [-0.4, -0.2) is 50.3 Å². The standard InChI is InChI=1S/C20H27F3N2O5S/c1-3-15(4-2)24-18(26)13-30-19(27)14-9-11-25(12-10-14)31(28,29)17-8-6-5-7-16(17)20(21,22)23/h5-8,14-15H,3-4,9-13H2,1-2H3,(H,24,26). The van der Waals surface area contributed by atoms with Crippen molar-refractivity contribution in [2.75, 3.05) is 19.7 Å². The molecule has 1 heterocycles. The Hall–Kier alpha value is -2.14. The summed E-state index contributed by atoms with van der Waals surface area (Å²) in [6.45, 7) is 3.19. The number of esters is 1. The SMILES string of the molecule is CCC(CC)NC(=O)COC(=O)C1CCN(S(=O)(=O)c2ccccc2C(F)(F)F)CC1. The van der Waals surface area contributed by atoms with Crippen LogP contribution in [0.15, 0.2) is 29.2 Å². The average molecular weight is 465 g/mol. The van der Waals surface area contributed by atoms with Crippen molar-refractivity contribution in [2.45, 2.75) is 56.6 Å². The van der Waals surface area contributed by atoms with Crippen molar-refractivity contribution in [1.82, 2.24) is 9.62 Å². The molecule has 0 radical (unpaired) electrons. The third kappa shape index (κ3) is 6.42. The number of nitrogens with one attached hydrogen (secondary N) is 1. The molecule has 1 fully saturated rings. The summed E-state index contributed by atoms with van der Waals surface area (Å²) in [5, 5.41) is 2.74. The van der Waals surface area contributed by atoms with Gasteiger partial charge in [0.2, 0.25) is 10.0 Å². The van der Waals surface area contributed by atoms with Crippen LogP contribution >= 0.6 is 0 Å². The van der Waals surface area contributed by atoms with Crippen molar-refractivity contribution in [2.24, 2.45) is 5.92 Å². The van der Waals surface area contributed by atoms with Gasteiger partial charge in [-0.15, -0.1) is 0 Å². The third-order valence-corrected chi connectivity index (χ3v) is 7.25. The van der Waals surface area contributed by atoms with Gasteiger partial charge < -0.3 is 10.1 Å². The highest BCUT2D eigenvalue weighted by molar-refractivity contribution is 7.89. The number of amides is 1. The Kier molecular flexibility index (Phi) is 8.47. The maximum atomic E-state index is 13.2. The number of rotatable bonds is 8. The van der Waals surface area contributed by atoms with Crippen molar-refractivity contribution >= 4 is 21.9 Å². The molecule has 1 N–H and O–H groups in total. The van der Waals surface area contributed by atoms with Gasteiger partial charge in [-0.3, -0.25) is 9.59 Å². The Morgan fingerprint density at radius 3 is 2.29 bits per heavy atom. The number of carbonyl (C=O) groups is 2. The van der Waals surface area contributed by atoms with Gasteiger partial charge in [-0.2, -0.15) is 17.5 Å². The number of carbonyl (C=O) groups excluding carboxylic acids is 2. The maximum absolute atomic E-state index is 13.2. The van der Waals surface area contributed by atoms with Crippen LogP contribution in [0.5, 0.6) is 0 Å². The number of alkyl halides is 3. The van der Waals surface area contributed by atoms with E-state index in [2.05, 4.69) is 5.32 Å². The number of sulfonamides is 1. The molecule has 1 aromatic rings. The third-order valence-electron chi connectivity index (χ3n) is 5.29. The molecule has 7 nitrogen and oxygen atoms in total. The molecule has 1 aliphatic rings. The molecule has 0 unspecified atom stereocenters. The Morgan fingerprint density at radius 2 is 1.74 bits per heavy atom. The van der Waals surface area contributed by atoms with Crippen LogP contribution in [0.4, 0.5) is 13.2 Å². The summed E-state index contributed by atoms with van der Waals surface area (Å²) < 4.78 is 71.1. The summed E-state index contributed by atoms with van der Waals surface area (Å²) >= 11 is 0. The fourth-order valence-electron chi connectivity index (χ4n) is 3.41. The summed E-state index contributed by atoms with van der Waals surface area (Å²) in [6, 6.07) is 4.02. The fourth-order valence-corrected chi connectivity index (χ4v) is 5.10. The van der Waals surface area contributed by atoms with Crippen molar-refractivity contribution in [3.8, 4) is 0 Å². The zero-order chi connectivity index (χ0) is 23.2. The quantitative estimate of drug-likeness (QED) is 0.597. The van der Waals surface area contributed by atoms with E-state index < -0.39 is 51.1 Å². The first-order valence-electron chi connectivity index (χ1n) is 10.1. The van der Waals surface area contributed by atoms with Gasteiger partial charge >= 0.3 is 12.1 Å². The highest BCUT2D eigenvalue weighted by atomic mass is 32.2. The number of hydrogen-bond donors (Lipinski definition) is 1. The Balaban J connectivity index is 1.95. The molecular formula is C20H27F3N2O5S. The summed E-state index contributed by atoms with van der Waals surface area (Å²) in [7, 11) is -4.37. The first kappa shape index (κ1) is 25.1. The fraction of sp³-hybridized carbons (Fsp3) is 0.600. The Bertz CT molecular complexity index is 877. The van der Waals surface area contributed by atoms with Crippen molar-refractivity contribution in [3.63, 3.8) is 0 Å². The van der Waals surface area contributed by atoms with E-state index in [4.69, 9.17) is 4.74 Å². The van der Waals surface area contributed by atoms with Gasteiger partial charge in [0.15, 0.2) is 6.61 Å². The molecule has 0 aromatic heterocycles. The molecule has 31 heavy (non-hydrogen) atoms. The highest BCUT2D eigenvalue weighted by Gasteiger charge is 2.40. The predicted octanol–water partition coefficient (Wildman–Crippen LogP) is 2.95. The predicted molar refractivity (Wildman–Crippen MR) is 106 cm³/mol. The number of halogens is 3. The highest BCUT2D eigenvalue weighted by Crippen LogP contribution is 2.36. The molecule has 1 saturated heterocycles. The number of nitrogens with zero attached hydrogens (tertiary/aromatic N) is 1. The molecule has 0 bridgehead atoms. The molecule has 11 heteroatoms. The number of piperidine rings is 1. The van der Waals surface area contributed by atoms with Crippen LogP contribution in [-0.2, 0) is 30.5 Å². The molecule has 0 atom stereocenters. The average Bonchev–Trinajstić information content (AvgIpc) is 2.75. The van der Waals surface area contributed by atoms with Gasteiger partial charge in [-0.05, 0) is 37.8 Å². The summed E-state index contributed by atoms with van der Waals surface area (Å²) in [4.78, 5) is 23.3. The van der Waals surface area contributed by atoms with Crippen LogP contribution in [0.25, 0.3) is 0 Å². The smallest absolute Gasteiger partial charge is 0.417 e. The van der Waals surface area contributed by atoms with E-state index in [0.29, 0.717) is 0 Å². The molecule has 2 rings (SSSR count). The lowest BCUT2D eigenvalue weighted by Gasteiger charge is -2.30. The van der Waals surface area contributed by atoms with Gasteiger partial charge in [0.05, 0.1) is 16.4 Å². The van der Waals surface area contributed by atoms with E-state index in [-0.39, 0.29) is 32.0 Å². The summed E-state index contributed by atoms with van der Waals surface area (Å²) in [5.74, 6) is -1.65. The van der Waals surface area contributed by atoms with Crippen molar-refractivity contribution < 1.29 is 35.9 Å². The van der Waals surface area contributed by atoms with Crippen LogP contribution in [0, 0.1) is 5.92 Å². The minimum Gasteiger partial charge on any atom is -0.455 e. The molecule has 1 aliphatic heterocycles. The topological polar surface area (TPSA) is 92.8 Å². The van der Waals surface area contributed by atoms with Crippen LogP contribution < -0.4 is 5.32 Å². The van der Waals surface area contributed by atoms with Crippen molar-refractivity contribution in [3.05, 3.63) is 29.8 Å². The molecule has 0 aliphatic carbocycles. The lowest BCUT2D eigenvalue weighted by atomic mass is 9.98. The first-order chi connectivity index (χ1) is 14.5. The summed E-state index contributed by atoms with van der Waals surface area (Å²) in [5.41, 5.74) is -1.22. The molecule has 1 aromatic carbocycles. The van der Waals surface area contributed by atoms with E-state index in [1.54, 1.807) is 0 Å². The lowest BCUT2D eigenvalue weighted by Crippen LogP contribution is -2.42. The number of ether oxygens (including phenoxy) is 1. The minimum absolute atomic E-state index is 0.000719. The lowest BCUT2D eigenvalue weighted by molar-refractivity contribution is -0.153. The number of hydrogen-bond acceptors (Lipinski definition) is 5. The molecule has 0 saturated carbocycles. The zero-order valence-corrected chi connectivity index (χ0v) is 18.3. The van der Waals surface area contributed by atoms with E-state index in [0.717, 1.165) is 35.3 Å². The minimum atomic E-state index is -4.80. The van der Waals surface area contributed by atoms with E-state index in [1.165, 1.54) is 6.07 Å². The van der Waals surface area contributed by atoms with Crippen LogP contribution in [0.2, 0.25) is 0 Å². The van der Waals surface area contributed by atoms with Crippen LogP contribution in [0.3, 0.4) is 0 Å². The molecular weight excluding hydrogens is 437 g/mol. The van der Waals surface area contributed by atoms with Gasteiger partial charge in [0.25, 0.3) is 5.91 Å². The zero-order valence-electron chi connectivity index (χ0n) is 17.4. The molecule has 0 spiro atoms.